The molecule has 2 aromatic heterocycles. The molecule has 0 bridgehead atoms. The summed E-state index contributed by atoms with van der Waals surface area (Å²) in [6.45, 7) is 1.39. The molecule has 37 heavy (non-hydrogen) atoms. The third-order valence-electron chi connectivity index (χ3n) is 6.05. The summed E-state index contributed by atoms with van der Waals surface area (Å²) in [5.41, 5.74) is 3.52. The number of nitrogens with zero attached hydrogens (tertiary/aromatic N) is 3. The van der Waals surface area contributed by atoms with E-state index in [1.165, 1.54) is 12.1 Å². The van der Waals surface area contributed by atoms with Crippen LogP contribution in [0.5, 0.6) is 5.75 Å². The van der Waals surface area contributed by atoms with E-state index in [1.807, 2.05) is 36.4 Å². The largest absolute Gasteiger partial charge is 0.573 e. The maximum atomic E-state index is 13.2. The number of ether oxygens (including phenoxy) is 1. The normalized spacial score (nSPS) is 18.2. The number of carbonyl (C=O) groups is 1. The Labute approximate surface area is 215 Å². The van der Waals surface area contributed by atoms with Crippen LogP contribution in [0.1, 0.15) is 17.5 Å². The van der Waals surface area contributed by atoms with E-state index in [0.717, 1.165) is 27.3 Å². The van der Waals surface area contributed by atoms with Crippen molar-refractivity contribution >= 4 is 28.7 Å². The summed E-state index contributed by atoms with van der Waals surface area (Å²) in [7, 11) is 0. The Bertz CT molecular complexity index is 1310. The lowest BCUT2D eigenvalue weighted by molar-refractivity contribution is -0.274. The van der Waals surface area contributed by atoms with E-state index in [2.05, 4.69) is 29.9 Å². The van der Waals surface area contributed by atoms with Crippen molar-refractivity contribution in [2.75, 3.05) is 6.54 Å². The van der Waals surface area contributed by atoms with Crippen molar-refractivity contribution in [3.8, 4) is 5.75 Å². The second kappa shape index (κ2) is 10.8. The number of hydrogen-bond donors (Lipinski definition) is 2. The molecule has 0 saturated carbocycles. The Morgan fingerprint density at radius 3 is 2.65 bits per heavy atom. The highest BCUT2D eigenvalue weighted by Gasteiger charge is 2.37. The van der Waals surface area contributed by atoms with Gasteiger partial charge >= 0.3 is 6.36 Å². The Morgan fingerprint density at radius 2 is 1.92 bits per heavy atom. The van der Waals surface area contributed by atoms with E-state index in [-0.39, 0.29) is 16.9 Å². The number of benzene rings is 2. The molecule has 0 radical (unpaired) electrons. The molecule has 1 amide bonds. The van der Waals surface area contributed by atoms with Crippen LogP contribution < -0.4 is 10.1 Å². The third-order valence-corrected chi connectivity index (χ3v) is 7.14. The number of aromatic nitrogens is 3. The van der Waals surface area contributed by atoms with Gasteiger partial charge in [-0.25, -0.2) is 4.98 Å². The number of aromatic amines is 1. The first-order valence-electron chi connectivity index (χ1n) is 11.7. The van der Waals surface area contributed by atoms with Crippen LogP contribution in [0.4, 0.5) is 13.2 Å². The van der Waals surface area contributed by atoms with E-state index >= 15 is 0 Å². The smallest absolute Gasteiger partial charge is 0.406 e. The van der Waals surface area contributed by atoms with Crippen molar-refractivity contribution in [2.45, 2.75) is 42.3 Å². The molecule has 7 nitrogen and oxygen atoms in total. The second-order valence-corrected chi connectivity index (χ2v) is 10.0. The van der Waals surface area contributed by atoms with Crippen LogP contribution in [0.25, 0.3) is 11.0 Å². The van der Waals surface area contributed by atoms with Crippen LogP contribution in [0.3, 0.4) is 0 Å². The number of alkyl halides is 3. The number of nitrogens with one attached hydrogen (secondary N) is 2. The molecular formula is C26H24F3N5O2S. The van der Waals surface area contributed by atoms with Crippen LogP contribution in [-0.4, -0.2) is 50.0 Å². The van der Waals surface area contributed by atoms with Crippen molar-refractivity contribution in [3.05, 3.63) is 84.2 Å². The van der Waals surface area contributed by atoms with Crippen LogP contribution in [0.2, 0.25) is 0 Å². The number of rotatable bonds is 8. The molecule has 0 spiro atoms. The fourth-order valence-electron chi connectivity index (χ4n) is 4.38. The van der Waals surface area contributed by atoms with Gasteiger partial charge in [0.25, 0.3) is 0 Å². The van der Waals surface area contributed by atoms with Gasteiger partial charge in [0.2, 0.25) is 5.91 Å². The number of likely N-dealkylation sites (tertiary alicyclic amines) is 1. The number of imidazole rings is 1. The number of para-hydroxylation sites is 2. The van der Waals surface area contributed by atoms with Crippen molar-refractivity contribution in [1.82, 2.24) is 25.2 Å². The number of hydrogen-bond acceptors (Lipinski definition) is 6. The van der Waals surface area contributed by atoms with E-state index in [0.29, 0.717) is 26.1 Å². The lowest BCUT2D eigenvalue weighted by Crippen LogP contribution is -2.42. The molecule has 1 aliphatic heterocycles. The van der Waals surface area contributed by atoms with Crippen LogP contribution >= 0.6 is 11.8 Å². The number of amides is 1. The monoisotopic (exact) mass is 527 g/mol. The van der Waals surface area contributed by atoms with Gasteiger partial charge in [-0.15, -0.1) is 13.2 Å². The summed E-state index contributed by atoms with van der Waals surface area (Å²) in [5, 5.41) is 3.89. The highest BCUT2D eigenvalue weighted by molar-refractivity contribution is 7.99. The molecule has 192 valence electrons. The highest BCUT2D eigenvalue weighted by Crippen LogP contribution is 2.34. The quantitative estimate of drug-likeness (QED) is 0.339. The Morgan fingerprint density at radius 1 is 1.11 bits per heavy atom. The number of H-pyrrole nitrogens is 1. The van der Waals surface area contributed by atoms with Crippen molar-refractivity contribution in [1.29, 1.82) is 0 Å². The summed E-state index contributed by atoms with van der Waals surface area (Å²) in [5.74, 6) is -0.379. The SMILES string of the molecule is O=C(NCc1cccnc1)[C@@H]1C[C@@H](Sc2nc3ccccc3[nH]2)CN1Cc1ccc(OC(F)(F)F)cc1. The summed E-state index contributed by atoms with van der Waals surface area (Å²) >= 11 is 1.59. The molecule has 0 unspecified atom stereocenters. The van der Waals surface area contributed by atoms with Gasteiger partial charge in [-0.05, 0) is 47.9 Å². The van der Waals surface area contributed by atoms with Crippen molar-refractivity contribution in [3.63, 3.8) is 0 Å². The van der Waals surface area contributed by atoms with Gasteiger partial charge in [0, 0.05) is 37.3 Å². The molecular weight excluding hydrogens is 503 g/mol. The molecule has 2 aromatic carbocycles. The molecule has 3 heterocycles. The minimum atomic E-state index is -4.74. The maximum absolute atomic E-state index is 13.2. The van der Waals surface area contributed by atoms with Gasteiger partial charge in [-0.3, -0.25) is 14.7 Å². The fraction of sp³-hybridized carbons (Fsp3) is 0.269. The zero-order valence-electron chi connectivity index (χ0n) is 19.6. The molecule has 1 saturated heterocycles. The van der Waals surface area contributed by atoms with E-state index in [1.54, 1.807) is 36.3 Å². The molecule has 1 aliphatic rings. The lowest BCUT2D eigenvalue weighted by atomic mass is 10.1. The molecule has 11 heteroatoms. The Hall–Kier alpha value is -3.57. The number of halogens is 3. The molecule has 1 fully saturated rings. The summed E-state index contributed by atoms with van der Waals surface area (Å²) in [6.07, 6.45) is -0.753. The fourth-order valence-corrected chi connectivity index (χ4v) is 5.56. The molecule has 5 rings (SSSR count). The zero-order valence-corrected chi connectivity index (χ0v) is 20.4. The number of carbonyl (C=O) groups excluding carboxylic acids is 1. The first kappa shape index (κ1) is 25.1. The molecule has 2 atom stereocenters. The first-order valence-corrected chi connectivity index (χ1v) is 12.6. The van der Waals surface area contributed by atoms with Crippen molar-refractivity contribution < 1.29 is 22.7 Å². The standard InChI is InChI=1S/C26H24F3N5O2S/c27-26(28,29)36-19-9-7-17(8-10-19)15-34-16-20(37-25-32-21-5-1-2-6-22(21)33-25)12-23(34)24(35)31-14-18-4-3-11-30-13-18/h1-11,13,20,23H,12,14-16H2,(H,31,35)(H,32,33)/t20-,23+/m1/s1. The van der Waals surface area contributed by atoms with Gasteiger partial charge in [-0.1, -0.05) is 42.1 Å². The van der Waals surface area contributed by atoms with Crippen molar-refractivity contribution in [2.24, 2.45) is 0 Å². The average Bonchev–Trinajstić information content (AvgIpc) is 3.47. The number of pyridine rings is 1. The van der Waals surface area contributed by atoms with Gasteiger partial charge in [0.15, 0.2) is 5.16 Å². The Kier molecular flexibility index (Phi) is 7.33. The maximum Gasteiger partial charge on any atom is 0.573 e. The number of thioether (sulfide) groups is 1. The van der Waals surface area contributed by atoms with E-state index in [9.17, 15) is 18.0 Å². The minimum Gasteiger partial charge on any atom is -0.406 e. The summed E-state index contributed by atoms with van der Waals surface area (Å²) in [4.78, 5) is 27.3. The Balaban J connectivity index is 1.29. The molecule has 2 N–H and O–H groups in total. The summed E-state index contributed by atoms with van der Waals surface area (Å²) < 4.78 is 41.5. The predicted octanol–water partition coefficient (Wildman–Crippen LogP) is 4.91. The van der Waals surface area contributed by atoms with Gasteiger partial charge in [-0.2, -0.15) is 0 Å². The number of fused-ring (bicyclic) bond motifs is 1. The molecule has 4 aromatic rings. The van der Waals surface area contributed by atoms with Gasteiger partial charge < -0.3 is 15.0 Å². The zero-order chi connectivity index (χ0) is 25.8. The highest BCUT2D eigenvalue weighted by atomic mass is 32.2. The summed E-state index contributed by atoms with van der Waals surface area (Å²) in [6, 6.07) is 16.9. The average molecular weight is 528 g/mol. The molecule has 0 aliphatic carbocycles. The van der Waals surface area contributed by atoms with Gasteiger partial charge in [0.1, 0.15) is 5.75 Å². The lowest BCUT2D eigenvalue weighted by Gasteiger charge is -2.23. The second-order valence-electron chi connectivity index (χ2n) is 8.75. The predicted molar refractivity (Wildman–Crippen MR) is 134 cm³/mol. The topological polar surface area (TPSA) is 83.1 Å². The van der Waals surface area contributed by atoms with E-state index in [4.69, 9.17) is 0 Å². The van der Waals surface area contributed by atoms with Crippen LogP contribution in [0, 0.1) is 0 Å². The van der Waals surface area contributed by atoms with Crippen LogP contribution in [-0.2, 0) is 17.9 Å². The van der Waals surface area contributed by atoms with E-state index < -0.39 is 12.4 Å². The third kappa shape index (κ3) is 6.60. The first-order chi connectivity index (χ1) is 17.8. The van der Waals surface area contributed by atoms with Crippen LogP contribution in [0.15, 0.2) is 78.2 Å². The van der Waals surface area contributed by atoms with Gasteiger partial charge in [0.05, 0.1) is 17.1 Å². The minimum absolute atomic E-state index is 0.0996.